The maximum Gasteiger partial charge on any atom is 1.00 e. The number of benzene rings is 7. The van der Waals surface area contributed by atoms with Crippen LogP contribution < -0.4 is 99.9 Å². The van der Waals surface area contributed by atoms with Gasteiger partial charge in [0.15, 0.2) is 52.0 Å². The average molecular weight is 2030 g/mol. The Kier molecular flexibility index (Phi) is 34.8. The number of carbonyl (C=O) groups is 7. The number of aromatic hydroxyl groups is 1. The van der Waals surface area contributed by atoms with Crippen molar-refractivity contribution in [2.75, 3.05) is 0 Å². The number of allylic oxidation sites excluding steroid dienone is 10. The zero-order valence-corrected chi connectivity index (χ0v) is 80.7. The van der Waals surface area contributed by atoms with Crippen molar-refractivity contribution in [1.82, 2.24) is 0 Å². The fourth-order valence-corrected chi connectivity index (χ4v) is 18.8. The average Bonchev–Trinajstić information content (AvgIpc) is 0.772. The number of phenolic OH excluding ortho intramolecular Hbond substituents is 1. The van der Waals surface area contributed by atoms with Crippen molar-refractivity contribution in [1.29, 1.82) is 0 Å². The van der Waals surface area contributed by atoms with Crippen LogP contribution in [-0.2, 0) is 170 Å². The Morgan fingerprint density at radius 3 is 1.42 bits per heavy atom. The summed E-state index contributed by atoms with van der Waals surface area (Å²) in [5.74, 6) is -0.606. The summed E-state index contributed by atoms with van der Waals surface area (Å²) in [7, 11) is -28.6. The molecule has 46 heteroatoms. The Balaban J connectivity index is 0.000000173. The van der Waals surface area contributed by atoms with Crippen LogP contribution in [0.1, 0.15) is 180 Å². The monoisotopic (exact) mass is 2030 g/mol. The molecule has 16 rings (SSSR count). The Bertz CT molecular complexity index is 6900. The van der Waals surface area contributed by atoms with Crippen molar-refractivity contribution in [3.05, 3.63) is 232 Å². The van der Waals surface area contributed by atoms with Gasteiger partial charge in [0.25, 0.3) is 0 Å². The van der Waals surface area contributed by atoms with Crippen LogP contribution in [0.15, 0.2) is 137 Å². The van der Waals surface area contributed by atoms with Crippen LogP contribution in [0.4, 0.5) is 0 Å². The van der Waals surface area contributed by atoms with Gasteiger partial charge < -0.3 is 39.5 Å². The van der Waals surface area contributed by atoms with Crippen molar-refractivity contribution in [3.63, 3.8) is 0 Å². The molecule has 7 aromatic rings. The first kappa shape index (κ1) is 105. The molecule has 0 fully saturated rings. The summed E-state index contributed by atoms with van der Waals surface area (Å²) < 4.78 is 186. The number of halogens is 1. The van der Waals surface area contributed by atoms with Crippen LogP contribution in [0.2, 0.25) is 0 Å². The fraction of sp³-hybridized carbons (Fsp3) is 0.267. The van der Waals surface area contributed by atoms with Crippen molar-refractivity contribution in [2.24, 2.45) is 36.0 Å². The van der Waals surface area contributed by atoms with Gasteiger partial charge in [0.1, 0.15) is 34.5 Å². The summed E-state index contributed by atoms with van der Waals surface area (Å²) in [6.45, 7) is 7.66. The maximum absolute atomic E-state index is 12.1. The summed E-state index contributed by atoms with van der Waals surface area (Å²) in [5.41, 5.74) is 18.0. The molecule has 9 aliphatic rings. The third-order valence-corrected chi connectivity index (χ3v) is 24.4. The SMILES string of the molecule is CC1=CC(=O)Cc2c1ccc(OS(N)(=O)=O)c2O.CCC1=C(C)C(=O)Cc2cc(OS(N)(=O)=O)ccc21.CCCCCC1=Cc2ccc(OS(N)(=O)=O)cc2CC1=O.NS(=O)(=O)Oc1cc(Br)c2c(c1)CC(=O)C=C2.NS(=O)(=O)Oc1cc([O-])c2c(c1)CC(=O)C=C2.NS(=O)(=O)Oc1cc2c(c3c1CCCC3)C=CC(=O)C2.NS(=O)(=O)Oc1cc2c3c(c1)CC(=O)C=C3CCC2.[Na+]. The van der Waals surface area contributed by atoms with Gasteiger partial charge in [-0.25, -0.2) is 0 Å². The van der Waals surface area contributed by atoms with Gasteiger partial charge in [0, 0.05) is 55.0 Å². The van der Waals surface area contributed by atoms with E-state index < -0.39 is 77.9 Å². The molecule has 698 valence electrons. The van der Waals surface area contributed by atoms with Gasteiger partial charge in [-0.05, 0) is 304 Å². The number of rotatable bonds is 19. The number of unbranched alkanes of at least 4 members (excludes halogenated alkanes) is 2. The summed E-state index contributed by atoms with van der Waals surface area (Å²) in [6.07, 6.45) is 26.9. The van der Waals surface area contributed by atoms with Gasteiger partial charge in [-0.3, -0.25) is 33.6 Å². The van der Waals surface area contributed by atoms with Gasteiger partial charge in [0.2, 0.25) is 0 Å². The Morgan fingerprint density at radius 1 is 0.394 bits per heavy atom. The number of phenols is 1. The van der Waals surface area contributed by atoms with Crippen molar-refractivity contribution in [2.45, 2.75) is 150 Å². The van der Waals surface area contributed by atoms with E-state index in [1.54, 1.807) is 85.8 Å². The summed E-state index contributed by atoms with van der Waals surface area (Å²) in [5, 5.41) is 55.2. The molecule has 0 aromatic heterocycles. The molecule has 0 atom stereocenters. The third-order valence-electron chi connectivity index (χ3n) is 20.8. The molecule has 132 heavy (non-hydrogen) atoms. The van der Waals surface area contributed by atoms with Crippen LogP contribution >= 0.6 is 15.9 Å². The number of Topliss-reactive ketones (excluding diaryl/α,β-unsaturated/α-hetero) is 2. The standard InChI is InChI=1S/C15H19NO4S.C14H15NO4S.C13H13NO4S.C13H15NO4S.C11H11NO5S.C10H8BrNO4S.C10H9NO5S.Na/c1-2-3-4-5-12-8-11-6-7-14(20-21(16,18)19)9-13(11)10-15(12)17;15-20(17,18)19-14-8-9-7-10(16)5-6-11(9)12-3-1-2-4-13(12)14;14-19(16,17)18-12-6-9-3-1-2-8-4-11(15)5-10(7-12)13(8)9;1-3-11-8(2)13(15)7-9-6-10(4-5-12(9)11)18-19(14,16)17;1-6-4-7(13)5-9-8(6)2-3-10(11(9)14)17-18(12,15)16;11-10-5-8(16-17(12,14)15)4-6-3-7(13)1-2-9(6)10;11-17(14,15)16-8-4-6-3-7(12)1-2-9(6)10(13)5-8;/h6-9H,2-5,10H2,1H3,(H2,16,18,19);5-6,8H,1-4,7H2,(H2,15,17,18);4,6-7H,1-3,5H2,(H2,14,16,17);4-6H,3,7H2,1-2H3,(H2,14,16,17);2-4,14H,5H2,1H3,(H2,12,15,16);1-2,4-5H,3H2,(H2,12,14,15);1-2,4-5,13H,3H2,(H2,11,14,15);/q;;;;;;;+1/p-1. The van der Waals surface area contributed by atoms with E-state index in [2.05, 4.69) is 48.9 Å². The normalized spacial score (nSPS) is 15.5. The Labute approximate surface area is 793 Å². The van der Waals surface area contributed by atoms with Crippen molar-refractivity contribution >= 4 is 170 Å². The van der Waals surface area contributed by atoms with E-state index in [9.17, 15) is 103 Å². The summed E-state index contributed by atoms with van der Waals surface area (Å²) in [4.78, 5) is 81.0. The quantitative estimate of drug-likeness (QED) is 0.0408. The molecule has 0 unspecified atom stereocenters. The molecule has 0 radical (unpaired) electrons. The molecule has 0 heterocycles. The zero-order chi connectivity index (χ0) is 96.4. The predicted molar refractivity (Wildman–Crippen MR) is 484 cm³/mol. The number of carbonyl (C=O) groups excluding carboxylic acids is 7. The molecular formula is C86H89BrN7NaO30S7. The first-order valence-electron chi connectivity index (χ1n) is 39.8. The first-order chi connectivity index (χ1) is 61.0. The molecular weight excluding hydrogens is 1940 g/mol. The minimum atomic E-state index is -4.21. The van der Waals surface area contributed by atoms with E-state index in [1.807, 2.05) is 26.0 Å². The van der Waals surface area contributed by atoms with Crippen LogP contribution in [0.5, 0.6) is 51.7 Å². The summed E-state index contributed by atoms with van der Waals surface area (Å²) in [6, 6.07) is 22.8. The first-order valence-corrected chi connectivity index (χ1v) is 50.8. The molecule has 37 nitrogen and oxygen atoms in total. The zero-order valence-electron chi connectivity index (χ0n) is 71.4. The second kappa shape index (κ2) is 43.6. The number of aryl methyl sites for hydroxylation is 1. The Morgan fingerprint density at radius 2 is 0.848 bits per heavy atom. The molecule has 0 amide bonds. The number of hydrogen-bond donors (Lipinski definition) is 8. The molecule has 9 aliphatic carbocycles. The van der Waals surface area contributed by atoms with Crippen molar-refractivity contribution in [3.8, 4) is 51.7 Å². The molecule has 15 N–H and O–H groups in total. The topological polar surface area (TPSA) is 649 Å². The van der Waals surface area contributed by atoms with Gasteiger partial charge in [-0.15, -0.1) is 0 Å². The molecule has 0 aliphatic heterocycles. The number of nitrogens with two attached hydrogens (primary N) is 7. The van der Waals surface area contributed by atoms with E-state index in [0.717, 1.165) is 172 Å². The predicted octanol–water partition coefficient (Wildman–Crippen LogP) is 4.49. The van der Waals surface area contributed by atoms with Crippen molar-refractivity contribution < 1.29 is 162 Å². The number of fused-ring (bicyclic) bond motifs is 8. The Hall–Kier alpha value is -10.5. The van der Waals surface area contributed by atoms with Gasteiger partial charge in [0.05, 0.1) is 0 Å². The van der Waals surface area contributed by atoms with Crippen LogP contribution in [0.25, 0.3) is 41.0 Å². The summed E-state index contributed by atoms with van der Waals surface area (Å²) >= 11 is 3.28. The van der Waals surface area contributed by atoms with E-state index in [1.165, 1.54) is 48.6 Å². The van der Waals surface area contributed by atoms with Crippen LogP contribution in [0, 0.1) is 0 Å². The fourth-order valence-electron chi connectivity index (χ4n) is 15.6. The van der Waals surface area contributed by atoms with Gasteiger partial charge >= 0.3 is 102 Å². The van der Waals surface area contributed by atoms with E-state index in [0.29, 0.717) is 37.9 Å². The number of hydrogen-bond acceptors (Lipinski definition) is 30. The van der Waals surface area contributed by atoms with Crippen LogP contribution in [-0.4, -0.2) is 105 Å². The van der Waals surface area contributed by atoms with Gasteiger partial charge in [-0.2, -0.15) is 94.9 Å². The number of ketones is 7. The van der Waals surface area contributed by atoms with Gasteiger partial charge in [-0.1, -0.05) is 84.8 Å². The molecule has 0 saturated heterocycles. The van der Waals surface area contributed by atoms with E-state index in [-0.39, 0.29) is 161 Å². The largest absolute Gasteiger partial charge is 1.00 e. The van der Waals surface area contributed by atoms with Crippen LogP contribution in [0.3, 0.4) is 0 Å². The maximum atomic E-state index is 12.1. The second-order valence-corrected chi connectivity index (χ2v) is 39.6. The second-order valence-electron chi connectivity index (χ2n) is 30.7. The molecule has 7 aromatic carbocycles. The van der Waals surface area contributed by atoms with E-state index in [4.69, 9.17) is 39.2 Å². The van der Waals surface area contributed by atoms with E-state index >= 15 is 0 Å². The molecule has 0 saturated carbocycles. The third kappa shape index (κ3) is 30.5. The minimum Gasteiger partial charge on any atom is -0.872 e. The minimum absolute atomic E-state index is 0. The molecule has 0 bridgehead atoms. The molecule has 0 spiro atoms. The smallest absolute Gasteiger partial charge is 0.872 e.